The molecule has 1 aromatic rings. The van der Waals surface area contributed by atoms with Gasteiger partial charge >= 0.3 is 0 Å². The fraction of sp³-hybridized carbons (Fsp3) is 0.417. The van der Waals surface area contributed by atoms with Crippen LogP contribution in [0.2, 0.25) is 0 Å². The number of nitrogens with zero attached hydrogens (tertiary/aromatic N) is 2. The van der Waals surface area contributed by atoms with Crippen molar-refractivity contribution in [3.63, 3.8) is 0 Å². The molecule has 3 heteroatoms. The summed E-state index contributed by atoms with van der Waals surface area (Å²) in [6.45, 7) is 4.33. The number of benzene rings is 1. The van der Waals surface area contributed by atoms with E-state index in [1.54, 1.807) is 0 Å². The average Bonchev–Trinajstić information content (AvgIpc) is 2.18. The topological polar surface area (TPSA) is 53.0 Å². The van der Waals surface area contributed by atoms with Crippen LogP contribution in [0.4, 0.5) is 5.69 Å². The van der Waals surface area contributed by atoms with Gasteiger partial charge < -0.3 is 5.73 Å². The predicted molar refractivity (Wildman–Crippen MR) is 62.0 cm³/mol. The van der Waals surface area contributed by atoms with Gasteiger partial charge in [0.15, 0.2) is 0 Å². The molecule has 3 nitrogen and oxygen atoms in total. The SMILES string of the molecule is CCCN(CC#N)Cc1cccc(N)c1. The van der Waals surface area contributed by atoms with Crippen molar-refractivity contribution in [1.29, 1.82) is 5.26 Å². The van der Waals surface area contributed by atoms with E-state index in [0.29, 0.717) is 6.54 Å². The van der Waals surface area contributed by atoms with Crippen LogP contribution in [-0.2, 0) is 6.54 Å². The Morgan fingerprint density at radius 1 is 1.47 bits per heavy atom. The minimum Gasteiger partial charge on any atom is -0.399 e. The van der Waals surface area contributed by atoms with Crippen LogP contribution in [0.1, 0.15) is 18.9 Å². The summed E-state index contributed by atoms with van der Waals surface area (Å²) in [6.07, 6.45) is 1.06. The van der Waals surface area contributed by atoms with Gasteiger partial charge in [-0.15, -0.1) is 0 Å². The standard InChI is InChI=1S/C12H17N3/c1-2-7-15(8-6-13)10-11-4-3-5-12(14)9-11/h3-5,9H,2,7-8,10,14H2,1H3. The third kappa shape index (κ3) is 4.01. The molecule has 0 amide bonds. The van der Waals surface area contributed by atoms with Crippen molar-refractivity contribution in [2.24, 2.45) is 0 Å². The molecule has 0 unspecified atom stereocenters. The molecule has 0 saturated carbocycles. The highest BCUT2D eigenvalue weighted by Crippen LogP contribution is 2.09. The molecule has 0 fully saturated rings. The second kappa shape index (κ2) is 6.05. The van der Waals surface area contributed by atoms with Crippen LogP contribution in [-0.4, -0.2) is 18.0 Å². The quantitative estimate of drug-likeness (QED) is 0.588. The highest BCUT2D eigenvalue weighted by Gasteiger charge is 2.03. The first-order valence-electron chi connectivity index (χ1n) is 5.20. The Balaban J connectivity index is 2.61. The summed E-state index contributed by atoms with van der Waals surface area (Å²) in [7, 11) is 0. The highest BCUT2D eigenvalue weighted by molar-refractivity contribution is 5.40. The van der Waals surface area contributed by atoms with Crippen LogP contribution in [0.15, 0.2) is 24.3 Å². The molecule has 0 spiro atoms. The molecule has 0 saturated heterocycles. The van der Waals surface area contributed by atoms with Crippen LogP contribution >= 0.6 is 0 Å². The molecule has 0 heterocycles. The summed E-state index contributed by atoms with van der Waals surface area (Å²) in [5.74, 6) is 0. The van der Waals surface area contributed by atoms with E-state index in [0.717, 1.165) is 25.2 Å². The van der Waals surface area contributed by atoms with Gasteiger partial charge in [-0.25, -0.2) is 0 Å². The van der Waals surface area contributed by atoms with E-state index in [9.17, 15) is 0 Å². The van der Waals surface area contributed by atoms with Crippen molar-refractivity contribution in [1.82, 2.24) is 4.90 Å². The Morgan fingerprint density at radius 2 is 2.27 bits per heavy atom. The zero-order valence-corrected chi connectivity index (χ0v) is 9.11. The van der Waals surface area contributed by atoms with Crippen LogP contribution in [0, 0.1) is 11.3 Å². The van der Waals surface area contributed by atoms with Crippen molar-refractivity contribution >= 4 is 5.69 Å². The number of nitrogens with two attached hydrogens (primary N) is 1. The molecular weight excluding hydrogens is 186 g/mol. The molecule has 0 aliphatic carbocycles. The average molecular weight is 203 g/mol. The van der Waals surface area contributed by atoms with Crippen molar-refractivity contribution in [3.05, 3.63) is 29.8 Å². The Morgan fingerprint density at radius 3 is 2.87 bits per heavy atom. The minimum absolute atomic E-state index is 0.475. The van der Waals surface area contributed by atoms with E-state index in [1.807, 2.05) is 24.3 Å². The lowest BCUT2D eigenvalue weighted by Crippen LogP contribution is -2.24. The van der Waals surface area contributed by atoms with E-state index in [4.69, 9.17) is 11.0 Å². The largest absolute Gasteiger partial charge is 0.399 e. The fourth-order valence-electron chi connectivity index (χ4n) is 1.58. The summed E-state index contributed by atoms with van der Waals surface area (Å²) < 4.78 is 0. The molecule has 2 N–H and O–H groups in total. The second-order valence-electron chi connectivity index (χ2n) is 3.61. The Bertz CT molecular complexity index is 341. The molecule has 1 aromatic carbocycles. The van der Waals surface area contributed by atoms with Crippen molar-refractivity contribution in [3.8, 4) is 6.07 Å². The lowest BCUT2D eigenvalue weighted by atomic mass is 10.2. The second-order valence-corrected chi connectivity index (χ2v) is 3.61. The Labute approximate surface area is 91.1 Å². The lowest BCUT2D eigenvalue weighted by Gasteiger charge is -2.18. The molecular formula is C12H17N3. The van der Waals surface area contributed by atoms with Gasteiger partial charge in [0.25, 0.3) is 0 Å². The molecule has 0 aliphatic rings. The van der Waals surface area contributed by atoms with Crippen LogP contribution in [0.3, 0.4) is 0 Å². The third-order valence-corrected chi connectivity index (χ3v) is 2.19. The predicted octanol–water partition coefficient (Wildman–Crippen LogP) is 2.00. The summed E-state index contributed by atoms with van der Waals surface area (Å²) in [5.41, 5.74) is 7.64. The van der Waals surface area contributed by atoms with Crippen molar-refractivity contribution < 1.29 is 0 Å². The fourth-order valence-corrected chi connectivity index (χ4v) is 1.58. The maximum atomic E-state index is 8.68. The van der Waals surface area contributed by atoms with Crippen molar-refractivity contribution in [2.45, 2.75) is 19.9 Å². The smallest absolute Gasteiger partial charge is 0.0868 e. The van der Waals surface area contributed by atoms with Gasteiger partial charge in [0.1, 0.15) is 0 Å². The Hall–Kier alpha value is -1.53. The number of hydrogen-bond acceptors (Lipinski definition) is 3. The maximum absolute atomic E-state index is 8.68. The number of hydrogen-bond donors (Lipinski definition) is 1. The van der Waals surface area contributed by atoms with Gasteiger partial charge in [0.2, 0.25) is 0 Å². The summed E-state index contributed by atoms with van der Waals surface area (Å²) >= 11 is 0. The summed E-state index contributed by atoms with van der Waals surface area (Å²) in [5, 5.41) is 8.68. The van der Waals surface area contributed by atoms with Gasteiger partial charge in [0.05, 0.1) is 12.6 Å². The molecule has 1 rings (SSSR count). The zero-order valence-electron chi connectivity index (χ0n) is 9.11. The first kappa shape index (κ1) is 11.5. The van der Waals surface area contributed by atoms with Crippen LogP contribution < -0.4 is 5.73 Å². The molecule has 0 aliphatic heterocycles. The van der Waals surface area contributed by atoms with Gasteiger partial charge in [0, 0.05) is 12.2 Å². The highest BCUT2D eigenvalue weighted by atomic mass is 15.1. The number of nitriles is 1. The normalized spacial score (nSPS) is 10.2. The maximum Gasteiger partial charge on any atom is 0.0868 e. The molecule has 15 heavy (non-hydrogen) atoms. The minimum atomic E-state index is 0.475. The number of nitrogen functional groups attached to an aromatic ring is 1. The number of rotatable bonds is 5. The molecule has 0 radical (unpaired) electrons. The van der Waals surface area contributed by atoms with Gasteiger partial charge in [-0.05, 0) is 30.7 Å². The van der Waals surface area contributed by atoms with Crippen molar-refractivity contribution in [2.75, 3.05) is 18.8 Å². The van der Waals surface area contributed by atoms with E-state index >= 15 is 0 Å². The molecule has 0 bridgehead atoms. The van der Waals surface area contributed by atoms with E-state index in [-0.39, 0.29) is 0 Å². The molecule has 0 atom stereocenters. The molecule has 80 valence electrons. The van der Waals surface area contributed by atoms with E-state index < -0.39 is 0 Å². The van der Waals surface area contributed by atoms with Gasteiger partial charge in [-0.3, -0.25) is 4.90 Å². The first-order valence-corrected chi connectivity index (χ1v) is 5.20. The zero-order chi connectivity index (χ0) is 11.1. The summed E-state index contributed by atoms with van der Waals surface area (Å²) in [6, 6.07) is 10.00. The van der Waals surface area contributed by atoms with Gasteiger partial charge in [-0.1, -0.05) is 19.1 Å². The van der Waals surface area contributed by atoms with Gasteiger partial charge in [-0.2, -0.15) is 5.26 Å². The monoisotopic (exact) mass is 203 g/mol. The molecule has 0 aromatic heterocycles. The Kier molecular flexibility index (Phi) is 4.65. The third-order valence-electron chi connectivity index (χ3n) is 2.19. The first-order chi connectivity index (χ1) is 7.26. The van der Waals surface area contributed by atoms with E-state index in [2.05, 4.69) is 17.9 Å². The van der Waals surface area contributed by atoms with E-state index in [1.165, 1.54) is 5.56 Å². The van der Waals surface area contributed by atoms with Crippen LogP contribution in [0.5, 0.6) is 0 Å². The van der Waals surface area contributed by atoms with Crippen LogP contribution in [0.25, 0.3) is 0 Å². The summed E-state index contributed by atoms with van der Waals surface area (Å²) in [4.78, 5) is 2.12. The lowest BCUT2D eigenvalue weighted by molar-refractivity contribution is 0.298. The number of anilines is 1.